The molecule has 1 N–H and O–H groups in total. The third-order valence-electron chi connectivity index (χ3n) is 4.35. The quantitative estimate of drug-likeness (QED) is 0.780. The Morgan fingerprint density at radius 3 is 2.88 bits per heavy atom. The Hall–Kier alpha value is -2.45. The number of benzene rings is 1. The fraction of sp³-hybridized carbons (Fsp3) is 0.333. The van der Waals surface area contributed by atoms with E-state index in [-0.39, 0.29) is 16.8 Å². The molecule has 0 radical (unpaired) electrons. The minimum Gasteiger partial charge on any atom is -0.348 e. The molecule has 1 atom stereocenters. The van der Waals surface area contributed by atoms with Crippen molar-refractivity contribution >= 4 is 15.9 Å². The fourth-order valence-corrected chi connectivity index (χ4v) is 4.61. The van der Waals surface area contributed by atoms with Gasteiger partial charge < -0.3 is 5.32 Å². The lowest BCUT2D eigenvalue weighted by molar-refractivity contribution is 0.0950. The van der Waals surface area contributed by atoms with Gasteiger partial charge in [0.15, 0.2) is 0 Å². The molecule has 2 aromatic rings. The van der Waals surface area contributed by atoms with Crippen LogP contribution in [0.2, 0.25) is 0 Å². The summed E-state index contributed by atoms with van der Waals surface area (Å²) in [5.41, 5.74) is 1.19. The Morgan fingerprint density at radius 2 is 2.19 bits per heavy atom. The van der Waals surface area contributed by atoms with E-state index in [4.69, 9.17) is 0 Å². The van der Waals surface area contributed by atoms with Crippen molar-refractivity contribution in [3.63, 3.8) is 0 Å². The number of nitrogens with one attached hydrogen (secondary N) is 1. The molecule has 1 aliphatic rings. The second-order valence-electron chi connectivity index (χ2n) is 6.21. The molecule has 2 heterocycles. The number of carbonyl (C=O) groups excluding carboxylic acids is 1. The van der Waals surface area contributed by atoms with Gasteiger partial charge in [0.05, 0.1) is 11.1 Å². The predicted molar refractivity (Wildman–Crippen MR) is 97.9 cm³/mol. The number of rotatable bonds is 6. The van der Waals surface area contributed by atoms with Crippen molar-refractivity contribution in [2.45, 2.75) is 30.8 Å². The Bertz CT molecular complexity index is 933. The molecule has 0 spiro atoms. The maximum absolute atomic E-state index is 12.9. The Labute approximate surface area is 153 Å². The van der Waals surface area contributed by atoms with Gasteiger partial charge in [-0.15, -0.1) is 0 Å². The highest BCUT2D eigenvalue weighted by Crippen LogP contribution is 2.24. The molecule has 3 rings (SSSR count). The minimum atomic E-state index is -3.64. The zero-order chi connectivity index (χ0) is 18.7. The lowest BCUT2D eigenvalue weighted by Crippen LogP contribution is -2.35. The fourth-order valence-electron chi connectivity index (χ4n) is 2.95. The minimum absolute atomic E-state index is 0.133. The summed E-state index contributed by atoms with van der Waals surface area (Å²) in [6.45, 7) is 2.64. The van der Waals surface area contributed by atoms with Crippen molar-refractivity contribution < 1.29 is 13.2 Å². The van der Waals surface area contributed by atoms with Crippen LogP contribution in [0.3, 0.4) is 0 Å². The summed E-state index contributed by atoms with van der Waals surface area (Å²) < 4.78 is 28.9. The predicted octanol–water partition coefficient (Wildman–Crippen LogP) is 1.69. The van der Waals surface area contributed by atoms with E-state index in [2.05, 4.69) is 10.4 Å². The van der Waals surface area contributed by atoms with Crippen LogP contribution >= 0.6 is 0 Å². The van der Waals surface area contributed by atoms with Crippen molar-refractivity contribution in [3.8, 4) is 0 Å². The molecule has 0 saturated heterocycles. The molecule has 0 saturated carbocycles. The summed E-state index contributed by atoms with van der Waals surface area (Å²) in [7, 11) is -1.84. The number of hydrogen-bond donors (Lipinski definition) is 1. The van der Waals surface area contributed by atoms with E-state index in [1.165, 1.54) is 16.4 Å². The van der Waals surface area contributed by atoms with Crippen LogP contribution in [0, 0.1) is 0 Å². The van der Waals surface area contributed by atoms with Crippen LogP contribution in [-0.2, 0) is 23.6 Å². The molecule has 0 bridgehead atoms. The zero-order valence-corrected chi connectivity index (χ0v) is 15.6. The molecule has 26 heavy (non-hydrogen) atoms. The summed E-state index contributed by atoms with van der Waals surface area (Å²) in [6.07, 6.45) is 7.96. The monoisotopic (exact) mass is 374 g/mol. The summed E-state index contributed by atoms with van der Waals surface area (Å²) in [4.78, 5) is 12.5. The van der Waals surface area contributed by atoms with Gasteiger partial charge in [-0.25, -0.2) is 8.42 Å². The van der Waals surface area contributed by atoms with Crippen molar-refractivity contribution in [2.75, 3.05) is 6.54 Å². The molecule has 1 aromatic carbocycles. The van der Waals surface area contributed by atoms with Crippen LogP contribution in [0.1, 0.15) is 29.3 Å². The number of hydrogen-bond acceptors (Lipinski definition) is 4. The first-order valence-corrected chi connectivity index (χ1v) is 9.90. The Morgan fingerprint density at radius 1 is 1.38 bits per heavy atom. The van der Waals surface area contributed by atoms with Crippen LogP contribution in [0.25, 0.3) is 0 Å². The molecular formula is C18H22N4O3S. The van der Waals surface area contributed by atoms with Gasteiger partial charge in [-0.1, -0.05) is 25.1 Å². The summed E-state index contributed by atoms with van der Waals surface area (Å²) in [5, 5.41) is 6.83. The number of carbonyl (C=O) groups is 1. The van der Waals surface area contributed by atoms with Gasteiger partial charge in [0.2, 0.25) is 10.0 Å². The van der Waals surface area contributed by atoms with Gasteiger partial charge in [-0.05, 0) is 24.6 Å². The van der Waals surface area contributed by atoms with Crippen LogP contribution < -0.4 is 5.32 Å². The molecule has 0 aliphatic carbocycles. The summed E-state index contributed by atoms with van der Waals surface area (Å²) >= 11 is 0. The third kappa shape index (κ3) is 3.71. The highest BCUT2D eigenvalue weighted by atomic mass is 32.2. The highest BCUT2D eigenvalue weighted by molar-refractivity contribution is 7.89. The molecule has 1 aromatic heterocycles. The van der Waals surface area contributed by atoms with E-state index < -0.39 is 10.0 Å². The maximum Gasteiger partial charge on any atom is 0.251 e. The van der Waals surface area contributed by atoms with Crippen LogP contribution in [-0.4, -0.2) is 41.0 Å². The molecule has 1 amide bonds. The van der Waals surface area contributed by atoms with Crippen molar-refractivity contribution in [2.24, 2.45) is 7.05 Å². The first kappa shape index (κ1) is 18.3. The SMILES string of the molecule is CC[C@H]1C=CCN1S(=O)(=O)c1cccc(C(=O)NCc2cnn(C)c2)c1. The molecule has 0 fully saturated rings. The second-order valence-corrected chi connectivity index (χ2v) is 8.10. The lowest BCUT2D eigenvalue weighted by atomic mass is 10.2. The summed E-state index contributed by atoms with van der Waals surface area (Å²) in [6, 6.07) is 6.02. The number of amides is 1. The van der Waals surface area contributed by atoms with E-state index in [1.807, 2.05) is 25.3 Å². The van der Waals surface area contributed by atoms with Gasteiger partial charge in [0.25, 0.3) is 5.91 Å². The Kier molecular flexibility index (Phi) is 5.24. The van der Waals surface area contributed by atoms with Gasteiger partial charge in [-0.3, -0.25) is 9.48 Å². The number of aromatic nitrogens is 2. The van der Waals surface area contributed by atoms with Crippen molar-refractivity contribution in [1.82, 2.24) is 19.4 Å². The van der Waals surface area contributed by atoms with Gasteiger partial charge in [0.1, 0.15) is 0 Å². The van der Waals surface area contributed by atoms with E-state index in [9.17, 15) is 13.2 Å². The molecular weight excluding hydrogens is 352 g/mol. The molecule has 1 aliphatic heterocycles. The molecule has 7 nitrogen and oxygen atoms in total. The van der Waals surface area contributed by atoms with E-state index in [0.717, 1.165) is 5.56 Å². The van der Waals surface area contributed by atoms with E-state index in [0.29, 0.717) is 25.1 Å². The number of aryl methyl sites for hydroxylation is 1. The van der Waals surface area contributed by atoms with Crippen molar-refractivity contribution in [3.05, 3.63) is 59.9 Å². The van der Waals surface area contributed by atoms with Gasteiger partial charge in [-0.2, -0.15) is 9.40 Å². The number of sulfonamides is 1. The van der Waals surface area contributed by atoms with E-state index >= 15 is 0 Å². The first-order chi connectivity index (χ1) is 12.4. The largest absolute Gasteiger partial charge is 0.348 e. The maximum atomic E-state index is 12.9. The molecule has 138 valence electrons. The second kappa shape index (κ2) is 7.43. The topological polar surface area (TPSA) is 84.3 Å². The van der Waals surface area contributed by atoms with Crippen molar-refractivity contribution in [1.29, 1.82) is 0 Å². The standard InChI is InChI=1S/C18H22N4O3S/c1-3-16-7-5-9-22(16)26(24,25)17-8-4-6-15(10-17)18(23)19-11-14-12-20-21(2)13-14/h4-8,10,12-13,16H,3,9,11H2,1-2H3,(H,19,23)/t16-/m0/s1. The molecule has 0 unspecified atom stereocenters. The smallest absolute Gasteiger partial charge is 0.251 e. The van der Waals surface area contributed by atoms with Gasteiger partial charge in [0, 0.05) is 43.5 Å². The van der Waals surface area contributed by atoms with Gasteiger partial charge >= 0.3 is 0 Å². The third-order valence-corrected chi connectivity index (χ3v) is 6.23. The zero-order valence-electron chi connectivity index (χ0n) is 14.8. The van der Waals surface area contributed by atoms with Crippen LogP contribution in [0.4, 0.5) is 0 Å². The van der Waals surface area contributed by atoms with Crippen LogP contribution in [0.15, 0.2) is 53.7 Å². The summed E-state index contributed by atoms with van der Waals surface area (Å²) in [5.74, 6) is -0.322. The van der Waals surface area contributed by atoms with E-state index in [1.54, 1.807) is 30.1 Å². The van der Waals surface area contributed by atoms with Crippen LogP contribution in [0.5, 0.6) is 0 Å². The highest BCUT2D eigenvalue weighted by Gasteiger charge is 2.31. The lowest BCUT2D eigenvalue weighted by Gasteiger charge is -2.23. The number of nitrogens with zero attached hydrogens (tertiary/aromatic N) is 3. The average Bonchev–Trinajstić information content (AvgIpc) is 3.28. The normalized spacial score (nSPS) is 17.5. The Balaban J connectivity index is 1.76. The average molecular weight is 374 g/mol. The molecule has 8 heteroatoms. The first-order valence-electron chi connectivity index (χ1n) is 8.46.